The van der Waals surface area contributed by atoms with Gasteiger partial charge in [0.25, 0.3) is 0 Å². The summed E-state index contributed by atoms with van der Waals surface area (Å²) in [5, 5.41) is 9.24. The number of aliphatic hydroxyl groups is 1. The Bertz CT molecular complexity index is 755. The van der Waals surface area contributed by atoms with Gasteiger partial charge in [-0.2, -0.15) is 4.31 Å². The zero-order chi connectivity index (χ0) is 14.3. The van der Waals surface area contributed by atoms with Gasteiger partial charge in [0, 0.05) is 7.05 Å². The van der Waals surface area contributed by atoms with Gasteiger partial charge >= 0.3 is 0 Å². The monoisotopic (exact) mass is 289 g/mol. The Morgan fingerprint density at radius 3 is 2.65 bits per heavy atom. The summed E-state index contributed by atoms with van der Waals surface area (Å²) < 4.78 is 26.2. The molecule has 1 aliphatic rings. The SMILES string of the molecule is CN1[C@@H](c2cccc(CO)c2)c2ccccc2S1(=O)=O. The summed E-state index contributed by atoms with van der Waals surface area (Å²) in [5.74, 6) is 0. The Kier molecular flexibility index (Phi) is 3.12. The minimum Gasteiger partial charge on any atom is -0.392 e. The summed E-state index contributed by atoms with van der Waals surface area (Å²) in [7, 11) is -1.84. The molecule has 3 rings (SSSR count). The molecular weight excluding hydrogens is 274 g/mol. The van der Waals surface area contributed by atoms with Crippen LogP contribution < -0.4 is 0 Å². The fourth-order valence-corrected chi connectivity index (χ4v) is 4.23. The maximum Gasteiger partial charge on any atom is 0.244 e. The maximum atomic E-state index is 12.4. The number of rotatable bonds is 2. The molecule has 1 N–H and O–H groups in total. The zero-order valence-corrected chi connectivity index (χ0v) is 11.8. The lowest BCUT2D eigenvalue weighted by Gasteiger charge is -2.19. The molecule has 1 atom stereocenters. The van der Waals surface area contributed by atoms with Crippen LogP contribution in [0.2, 0.25) is 0 Å². The highest BCUT2D eigenvalue weighted by Gasteiger charge is 2.40. The molecule has 20 heavy (non-hydrogen) atoms. The topological polar surface area (TPSA) is 57.6 Å². The van der Waals surface area contributed by atoms with Crippen molar-refractivity contribution in [3.05, 3.63) is 65.2 Å². The number of nitrogens with zero attached hydrogens (tertiary/aromatic N) is 1. The van der Waals surface area contributed by atoms with E-state index in [9.17, 15) is 13.5 Å². The van der Waals surface area contributed by atoms with Gasteiger partial charge in [0.2, 0.25) is 10.0 Å². The first-order valence-electron chi connectivity index (χ1n) is 6.32. The van der Waals surface area contributed by atoms with E-state index >= 15 is 0 Å². The van der Waals surface area contributed by atoms with Crippen molar-refractivity contribution in [2.24, 2.45) is 0 Å². The second-order valence-corrected chi connectivity index (χ2v) is 6.83. The van der Waals surface area contributed by atoms with E-state index in [1.807, 2.05) is 36.4 Å². The predicted molar refractivity (Wildman–Crippen MR) is 75.6 cm³/mol. The third-order valence-electron chi connectivity index (χ3n) is 3.68. The number of hydrogen-bond donors (Lipinski definition) is 1. The fourth-order valence-electron chi connectivity index (χ4n) is 2.68. The average molecular weight is 289 g/mol. The van der Waals surface area contributed by atoms with Crippen molar-refractivity contribution in [3.63, 3.8) is 0 Å². The molecule has 0 unspecified atom stereocenters. The third kappa shape index (κ3) is 1.86. The molecule has 1 heterocycles. The number of aliphatic hydroxyl groups excluding tert-OH is 1. The van der Waals surface area contributed by atoms with Crippen LogP contribution in [0.3, 0.4) is 0 Å². The zero-order valence-electron chi connectivity index (χ0n) is 11.0. The first-order chi connectivity index (χ1) is 9.55. The molecule has 0 bridgehead atoms. The largest absolute Gasteiger partial charge is 0.392 e. The van der Waals surface area contributed by atoms with Crippen LogP contribution in [0.1, 0.15) is 22.7 Å². The summed E-state index contributed by atoms with van der Waals surface area (Å²) in [6.45, 7) is -0.0569. The predicted octanol–water partition coefficient (Wildman–Crippen LogP) is 1.90. The lowest BCUT2D eigenvalue weighted by molar-refractivity contribution is 0.281. The molecule has 5 heteroatoms. The minimum absolute atomic E-state index is 0.0569. The smallest absolute Gasteiger partial charge is 0.244 e. The van der Waals surface area contributed by atoms with Gasteiger partial charge in [0.1, 0.15) is 0 Å². The average Bonchev–Trinajstić information content (AvgIpc) is 2.67. The summed E-state index contributed by atoms with van der Waals surface area (Å²) in [4.78, 5) is 0.363. The normalized spacial score (nSPS) is 20.8. The summed E-state index contributed by atoms with van der Waals surface area (Å²) in [6, 6.07) is 14.1. The number of hydrogen-bond acceptors (Lipinski definition) is 3. The minimum atomic E-state index is -3.43. The highest BCUT2D eigenvalue weighted by atomic mass is 32.2. The van der Waals surface area contributed by atoms with Gasteiger partial charge in [-0.05, 0) is 22.8 Å². The fraction of sp³-hybridized carbons (Fsp3) is 0.200. The van der Waals surface area contributed by atoms with Crippen LogP contribution in [-0.4, -0.2) is 24.9 Å². The van der Waals surface area contributed by atoms with E-state index in [2.05, 4.69) is 0 Å². The Labute approximate surface area is 118 Å². The number of fused-ring (bicyclic) bond motifs is 1. The second-order valence-electron chi connectivity index (χ2n) is 4.86. The molecule has 0 saturated carbocycles. The van der Waals surface area contributed by atoms with E-state index in [0.29, 0.717) is 4.90 Å². The van der Waals surface area contributed by atoms with Crippen LogP contribution in [0.5, 0.6) is 0 Å². The van der Waals surface area contributed by atoms with Gasteiger partial charge in [0.15, 0.2) is 0 Å². The van der Waals surface area contributed by atoms with Crippen molar-refractivity contribution in [1.29, 1.82) is 0 Å². The van der Waals surface area contributed by atoms with E-state index in [1.54, 1.807) is 19.2 Å². The van der Waals surface area contributed by atoms with Gasteiger partial charge in [-0.25, -0.2) is 8.42 Å². The highest BCUT2D eigenvalue weighted by Crippen LogP contribution is 2.41. The first-order valence-corrected chi connectivity index (χ1v) is 7.76. The molecule has 0 radical (unpaired) electrons. The van der Waals surface area contributed by atoms with Crippen LogP contribution in [-0.2, 0) is 16.6 Å². The van der Waals surface area contributed by atoms with Gasteiger partial charge < -0.3 is 5.11 Å². The molecule has 104 valence electrons. The molecule has 2 aromatic carbocycles. The molecule has 0 saturated heterocycles. The Hall–Kier alpha value is -1.69. The molecule has 0 fully saturated rings. The summed E-state index contributed by atoms with van der Waals surface area (Å²) >= 11 is 0. The molecular formula is C15H15NO3S. The van der Waals surface area contributed by atoms with Crippen LogP contribution in [0.15, 0.2) is 53.4 Å². The van der Waals surface area contributed by atoms with Crippen LogP contribution in [0.4, 0.5) is 0 Å². The van der Waals surface area contributed by atoms with Crippen molar-refractivity contribution in [3.8, 4) is 0 Å². The van der Waals surface area contributed by atoms with Crippen molar-refractivity contribution >= 4 is 10.0 Å². The lowest BCUT2D eigenvalue weighted by Crippen LogP contribution is -2.24. The number of sulfonamides is 1. The first kappa shape index (κ1) is 13.3. The van der Waals surface area contributed by atoms with Crippen molar-refractivity contribution in [2.45, 2.75) is 17.5 Å². The summed E-state index contributed by atoms with van der Waals surface area (Å²) in [5.41, 5.74) is 2.43. The molecule has 2 aromatic rings. The van der Waals surface area contributed by atoms with E-state index in [-0.39, 0.29) is 12.6 Å². The van der Waals surface area contributed by atoms with Gasteiger partial charge in [-0.3, -0.25) is 0 Å². The van der Waals surface area contributed by atoms with Crippen molar-refractivity contribution < 1.29 is 13.5 Å². The van der Waals surface area contributed by atoms with Crippen LogP contribution in [0, 0.1) is 0 Å². The molecule has 0 aliphatic carbocycles. The van der Waals surface area contributed by atoms with E-state index in [1.165, 1.54) is 4.31 Å². The van der Waals surface area contributed by atoms with Gasteiger partial charge in [-0.1, -0.05) is 42.5 Å². The maximum absolute atomic E-state index is 12.4. The lowest BCUT2D eigenvalue weighted by atomic mass is 9.97. The van der Waals surface area contributed by atoms with E-state index in [0.717, 1.165) is 16.7 Å². The summed E-state index contributed by atoms with van der Waals surface area (Å²) in [6.07, 6.45) is 0. The van der Waals surface area contributed by atoms with Crippen molar-refractivity contribution in [2.75, 3.05) is 7.05 Å². The quantitative estimate of drug-likeness (QED) is 0.918. The molecule has 0 amide bonds. The molecule has 4 nitrogen and oxygen atoms in total. The molecule has 0 aromatic heterocycles. The number of benzene rings is 2. The van der Waals surface area contributed by atoms with Crippen LogP contribution in [0.25, 0.3) is 0 Å². The van der Waals surface area contributed by atoms with E-state index < -0.39 is 10.0 Å². The standard InChI is InChI=1S/C15H15NO3S/c1-16-15(12-6-4-5-11(9-12)10-17)13-7-2-3-8-14(13)20(16,18)19/h2-9,15,17H,10H2,1H3/t15-/m0/s1. The molecule has 0 spiro atoms. The van der Waals surface area contributed by atoms with Crippen LogP contribution >= 0.6 is 0 Å². The Morgan fingerprint density at radius 1 is 1.15 bits per heavy atom. The second kappa shape index (κ2) is 4.70. The van der Waals surface area contributed by atoms with Crippen molar-refractivity contribution in [1.82, 2.24) is 4.31 Å². The molecule has 1 aliphatic heterocycles. The van der Waals surface area contributed by atoms with E-state index in [4.69, 9.17) is 0 Å². The van der Waals surface area contributed by atoms with Gasteiger partial charge in [0.05, 0.1) is 17.5 Å². The Balaban J connectivity index is 2.20. The Morgan fingerprint density at radius 2 is 1.90 bits per heavy atom. The third-order valence-corrected chi connectivity index (χ3v) is 5.58. The highest BCUT2D eigenvalue weighted by molar-refractivity contribution is 7.89. The van der Waals surface area contributed by atoms with Gasteiger partial charge in [-0.15, -0.1) is 0 Å².